The largest absolute Gasteiger partial charge is 0.468 e. The molecule has 0 N–H and O–H groups in total. The maximum absolute atomic E-state index is 11.8. The summed E-state index contributed by atoms with van der Waals surface area (Å²) in [5, 5.41) is 0. The molecule has 100 valence electrons. The van der Waals surface area contributed by atoms with Gasteiger partial charge in [-0.2, -0.15) is 0 Å². The Hall–Kier alpha value is -0.410. The Kier molecular flexibility index (Phi) is 6.35. The highest BCUT2D eigenvalue weighted by molar-refractivity contribution is 8.16. The molecule has 0 unspecified atom stereocenters. The molecule has 0 fully saturated rings. The quantitative estimate of drug-likeness (QED) is 0.438. The van der Waals surface area contributed by atoms with Gasteiger partial charge in [0.15, 0.2) is 5.66 Å². The first-order valence-electron chi connectivity index (χ1n) is 5.48. The van der Waals surface area contributed by atoms with Gasteiger partial charge in [-0.05, 0) is 17.4 Å². The normalized spacial score (nSPS) is 12.1. The molecule has 0 saturated carbocycles. The third-order valence-electron chi connectivity index (χ3n) is 2.87. The summed E-state index contributed by atoms with van der Waals surface area (Å²) in [5.74, 6) is -1.16. The Balaban J connectivity index is 5.63. The van der Waals surface area contributed by atoms with Gasteiger partial charge in [0.2, 0.25) is 0 Å². The summed E-state index contributed by atoms with van der Waals surface area (Å²) in [4.78, 5) is 23.6. The van der Waals surface area contributed by atoms with Crippen LogP contribution >= 0.6 is 6.04 Å². The van der Waals surface area contributed by atoms with Crippen LogP contribution in [-0.4, -0.2) is 43.1 Å². The Morgan fingerprint density at radius 1 is 0.941 bits per heavy atom. The topological polar surface area (TPSA) is 52.6 Å². The molecule has 0 rings (SSSR count). The molecule has 4 nitrogen and oxygen atoms in total. The lowest BCUT2D eigenvalue weighted by Crippen LogP contribution is -2.37. The molecule has 0 aliphatic carbocycles. The van der Waals surface area contributed by atoms with Gasteiger partial charge < -0.3 is 9.47 Å². The average molecular weight is 280 g/mol. The molecule has 0 saturated heterocycles. The summed E-state index contributed by atoms with van der Waals surface area (Å²) in [5.41, 5.74) is -0.783. The van der Waals surface area contributed by atoms with E-state index in [-0.39, 0.29) is 11.3 Å². The summed E-state index contributed by atoms with van der Waals surface area (Å²) < 4.78 is 9.41. The van der Waals surface area contributed by atoms with Crippen LogP contribution in [0.4, 0.5) is 0 Å². The molecule has 0 aromatic carbocycles. The van der Waals surface area contributed by atoms with Crippen molar-refractivity contribution in [2.45, 2.75) is 44.7 Å². The van der Waals surface area contributed by atoms with Crippen molar-refractivity contribution in [1.82, 2.24) is 0 Å². The van der Waals surface area contributed by atoms with Crippen molar-refractivity contribution in [3.8, 4) is 0 Å². The molecule has 0 atom stereocenters. The molecule has 0 aromatic rings. The second-order valence-electron chi connectivity index (χ2n) is 4.40. The summed E-state index contributed by atoms with van der Waals surface area (Å²) in [6.45, 7) is 7.78. The minimum absolute atomic E-state index is 0.0840. The van der Waals surface area contributed by atoms with Crippen LogP contribution in [0, 0.1) is 0 Å². The Bertz CT molecular complexity index is 310. The van der Waals surface area contributed by atoms with Crippen LogP contribution in [0.5, 0.6) is 0 Å². The van der Waals surface area contributed by atoms with Gasteiger partial charge in [0, 0.05) is 0 Å². The van der Waals surface area contributed by atoms with Crippen molar-refractivity contribution in [3.05, 3.63) is 0 Å². The summed E-state index contributed by atoms with van der Waals surface area (Å²) in [7, 11) is 2.53. The van der Waals surface area contributed by atoms with E-state index >= 15 is 0 Å². The number of hydrogen-bond acceptors (Lipinski definition) is 5. The van der Waals surface area contributed by atoms with E-state index in [1.807, 2.05) is 27.7 Å². The van der Waals surface area contributed by atoms with Crippen molar-refractivity contribution < 1.29 is 19.1 Å². The zero-order chi connectivity index (χ0) is 13.8. The van der Waals surface area contributed by atoms with Gasteiger partial charge in [0.25, 0.3) is 0 Å². The molecule has 0 aliphatic rings. The monoisotopic (exact) mass is 280 g/mol. The average Bonchev–Trinajstić information content (AvgIpc) is 2.27. The minimum Gasteiger partial charge on any atom is -0.468 e. The SMILES string of the molecule is COC(=O)C(C(=O)OC)P(=S)(C(C)C)C(C)C. The first-order chi connectivity index (χ1) is 7.73. The van der Waals surface area contributed by atoms with Crippen LogP contribution in [0.25, 0.3) is 0 Å². The lowest BCUT2D eigenvalue weighted by atomic mass is 10.4. The third-order valence-corrected chi connectivity index (χ3v) is 10.5. The van der Waals surface area contributed by atoms with E-state index in [1.54, 1.807) is 0 Å². The van der Waals surface area contributed by atoms with Gasteiger partial charge in [-0.3, -0.25) is 9.59 Å². The smallest absolute Gasteiger partial charge is 0.325 e. The number of carbonyl (C=O) groups is 2. The van der Waals surface area contributed by atoms with E-state index in [1.165, 1.54) is 14.2 Å². The van der Waals surface area contributed by atoms with Gasteiger partial charge in [-0.15, -0.1) is 0 Å². The van der Waals surface area contributed by atoms with Crippen LogP contribution in [0.3, 0.4) is 0 Å². The number of rotatable bonds is 5. The lowest BCUT2D eigenvalue weighted by Gasteiger charge is -2.34. The minimum atomic E-state index is -2.23. The highest BCUT2D eigenvalue weighted by atomic mass is 32.4. The molecule has 0 spiro atoms. The first-order valence-corrected chi connectivity index (χ1v) is 8.49. The molecule has 0 aromatic heterocycles. The summed E-state index contributed by atoms with van der Waals surface area (Å²) in [6.07, 6.45) is 0. The van der Waals surface area contributed by atoms with Gasteiger partial charge in [-0.25, -0.2) is 0 Å². The van der Waals surface area contributed by atoms with Crippen molar-refractivity contribution in [3.63, 3.8) is 0 Å². The van der Waals surface area contributed by atoms with Gasteiger partial charge in [0.05, 0.1) is 14.2 Å². The van der Waals surface area contributed by atoms with Crippen LogP contribution in [0.1, 0.15) is 27.7 Å². The van der Waals surface area contributed by atoms with Crippen molar-refractivity contribution in [2.75, 3.05) is 14.2 Å². The van der Waals surface area contributed by atoms with Crippen LogP contribution in [-0.2, 0) is 30.9 Å². The van der Waals surface area contributed by atoms with E-state index in [9.17, 15) is 9.59 Å². The first kappa shape index (κ1) is 16.6. The highest BCUT2D eigenvalue weighted by Crippen LogP contribution is 2.60. The third kappa shape index (κ3) is 3.29. The van der Waals surface area contributed by atoms with Crippen molar-refractivity contribution in [1.29, 1.82) is 0 Å². The summed E-state index contributed by atoms with van der Waals surface area (Å²) >= 11 is 5.67. The van der Waals surface area contributed by atoms with E-state index in [0.29, 0.717) is 0 Å². The predicted molar refractivity (Wildman–Crippen MR) is 72.4 cm³/mol. The van der Waals surface area contributed by atoms with Crippen LogP contribution < -0.4 is 0 Å². The Labute approximate surface area is 108 Å². The number of carbonyl (C=O) groups excluding carboxylic acids is 2. The fourth-order valence-electron chi connectivity index (χ4n) is 1.84. The molecule has 0 amide bonds. The Morgan fingerprint density at radius 2 is 1.24 bits per heavy atom. The number of hydrogen-bond donors (Lipinski definition) is 0. The lowest BCUT2D eigenvalue weighted by molar-refractivity contribution is -0.150. The van der Waals surface area contributed by atoms with Gasteiger partial charge in [-0.1, -0.05) is 39.5 Å². The van der Waals surface area contributed by atoms with E-state index in [0.717, 1.165) is 0 Å². The van der Waals surface area contributed by atoms with E-state index in [2.05, 4.69) is 0 Å². The molecule has 17 heavy (non-hydrogen) atoms. The maximum atomic E-state index is 11.8. The summed E-state index contributed by atoms with van der Waals surface area (Å²) in [6, 6.07) is -2.23. The van der Waals surface area contributed by atoms with Crippen molar-refractivity contribution >= 4 is 29.8 Å². The maximum Gasteiger partial charge on any atom is 0.325 e. The Morgan fingerprint density at radius 3 is 1.41 bits per heavy atom. The fraction of sp³-hybridized carbons (Fsp3) is 0.818. The van der Waals surface area contributed by atoms with Crippen LogP contribution in [0.15, 0.2) is 0 Å². The molecular formula is C11H21O4PS. The molecule has 6 heteroatoms. The molecule has 0 radical (unpaired) electrons. The van der Waals surface area contributed by atoms with Crippen LogP contribution in [0.2, 0.25) is 0 Å². The predicted octanol–water partition coefficient (Wildman–Crippen LogP) is 2.00. The molecule has 0 bridgehead atoms. The fourth-order valence-corrected chi connectivity index (χ4v) is 5.61. The molecular weight excluding hydrogens is 259 g/mol. The second-order valence-corrected chi connectivity index (χ2v) is 10.4. The molecule has 0 heterocycles. The standard InChI is InChI=1S/C11H21O4PS/c1-7(2)16(17,8(3)4)9(10(12)14-5)11(13)15-6/h7-9H,1-6H3. The number of methoxy groups -OCH3 is 2. The van der Waals surface area contributed by atoms with Gasteiger partial charge >= 0.3 is 11.9 Å². The van der Waals surface area contributed by atoms with E-state index in [4.69, 9.17) is 21.3 Å². The highest BCUT2D eigenvalue weighted by Gasteiger charge is 2.45. The van der Waals surface area contributed by atoms with Crippen molar-refractivity contribution in [2.24, 2.45) is 0 Å². The number of esters is 2. The van der Waals surface area contributed by atoms with E-state index < -0.39 is 23.6 Å². The molecule has 0 aliphatic heterocycles. The zero-order valence-electron chi connectivity index (χ0n) is 11.2. The second kappa shape index (κ2) is 6.50. The van der Waals surface area contributed by atoms with Gasteiger partial charge in [0.1, 0.15) is 0 Å². The number of ether oxygens (including phenoxy) is 2. The zero-order valence-corrected chi connectivity index (χ0v) is 12.9.